The van der Waals surface area contributed by atoms with Crippen LogP contribution in [0.5, 0.6) is 0 Å². The molecule has 0 rings (SSSR count). The molecule has 17 heavy (non-hydrogen) atoms. The zero-order chi connectivity index (χ0) is 13.5. The fraction of sp³-hybridized carbons (Fsp3) is 0.818. The van der Waals surface area contributed by atoms with Gasteiger partial charge >= 0.3 is 6.18 Å². The lowest BCUT2D eigenvalue weighted by Gasteiger charge is -2.23. The van der Waals surface area contributed by atoms with Gasteiger partial charge in [0.05, 0.1) is 18.9 Å². The van der Waals surface area contributed by atoms with Gasteiger partial charge in [-0.15, -0.1) is 0 Å². The summed E-state index contributed by atoms with van der Waals surface area (Å²) >= 11 is 0. The summed E-state index contributed by atoms with van der Waals surface area (Å²) in [6, 6.07) is 1.88. The van der Waals surface area contributed by atoms with Gasteiger partial charge < -0.3 is 4.90 Å². The van der Waals surface area contributed by atoms with Crippen LogP contribution in [0.25, 0.3) is 0 Å². The zero-order valence-corrected chi connectivity index (χ0v) is 10.0. The van der Waals surface area contributed by atoms with E-state index in [1.54, 1.807) is 0 Å². The molecule has 0 aromatic heterocycles. The van der Waals surface area contributed by atoms with E-state index in [4.69, 9.17) is 5.26 Å². The summed E-state index contributed by atoms with van der Waals surface area (Å²) in [6.07, 6.45) is -5.81. The molecule has 0 bridgehead atoms. The molecule has 0 saturated carbocycles. The van der Waals surface area contributed by atoms with Crippen molar-refractivity contribution in [2.24, 2.45) is 5.92 Å². The highest BCUT2D eigenvalue weighted by Crippen LogP contribution is 2.22. The molecule has 1 amide bonds. The molecule has 0 atom stereocenters. The molecule has 0 aliphatic carbocycles. The lowest BCUT2D eigenvalue weighted by molar-refractivity contribution is -0.149. The lowest BCUT2D eigenvalue weighted by Crippen LogP contribution is -2.35. The van der Waals surface area contributed by atoms with Crippen LogP contribution in [0.15, 0.2) is 0 Å². The van der Waals surface area contributed by atoms with E-state index in [0.717, 1.165) is 0 Å². The normalized spacial score (nSPS) is 11.4. The van der Waals surface area contributed by atoms with Crippen LogP contribution in [0, 0.1) is 17.2 Å². The molecule has 3 nitrogen and oxygen atoms in total. The van der Waals surface area contributed by atoms with E-state index >= 15 is 0 Å². The first-order chi connectivity index (χ1) is 7.76. The lowest BCUT2D eigenvalue weighted by atomic mass is 10.2. The predicted octanol–water partition coefficient (Wildman–Crippen LogP) is 2.73. The van der Waals surface area contributed by atoms with Gasteiger partial charge in [-0.3, -0.25) is 4.79 Å². The Bertz CT molecular complexity index is 281. The van der Waals surface area contributed by atoms with Crippen molar-refractivity contribution in [3.63, 3.8) is 0 Å². The van der Waals surface area contributed by atoms with Crippen LogP contribution in [-0.4, -0.2) is 30.1 Å². The molecular weight excluding hydrogens is 233 g/mol. The van der Waals surface area contributed by atoms with E-state index in [9.17, 15) is 18.0 Å². The van der Waals surface area contributed by atoms with Crippen LogP contribution in [0.1, 0.15) is 33.1 Å². The maximum absolute atomic E-state index is 12.0. The number of nitriles is 1. The Balaban J connectivity index is 4.27. The molecule has 0 aliphatic heterocycles. The van der Waals surface area contributed by atoms with Gasteiger partial charge in [0.1, 0.15) is 0 Å². The molecule has 0 heterocycles. The second-order valence-electron chi connectivity index (χ2n) is 4.26. The minimum Gasteiger partial charge on any atom is -0.341 e. The number of amides is 1. The van der Waals surface area contributed by atoms with Crippen molar-refractivity contribution >= 4 is 5.91 Å². The smallest absolute Gasteiger partial charge is 0.341 e. The second-order valence-corrected chi connectivity index (χ2v) is 4.26. The molecular formula is C11H17F3N2O. The Morgan fingerprint density at radius 1 is 1.41 bits per heavy atom. The van der Waals surface area contributed by atoms with E-state index in [2.05, 4.69) is 0 Å². The molecule has 0 N–H and O–H groups in total. The van der Waals surface area contributed by atoms with E-state index in [-0.39, 0.29) is 18.9 Å². The third-order valence-electron chi connectivity index (χ3n) is 2.05. The minimum atomic E-state index is -4.31. The number of hydrogen-bond donors (Lipinski definition) is 0. The molecule has 0 aliphatic rings. The largest absolute Gasteiger partial charge is 0.389 e. The van der Waals surface area contributed by atoms with Gasteiger partial charge in [0.2, 0.25) is 5.91 Å². The summed E-state index contributed by atoms with van der Waals surface area (Å²) in [6.45, 7) is 4.33. The molecule has 0 unspecified atom stereocenters. The number of carbonyl (C=O) groups excluding carboxylic acids is 1. The molecule has 6 heteroatoms. The van der Waals surface area contributed by atoms with Gasteiger partial charge in [0.25, 0.3) is 0 Å². The average Bonchev–Trinajstić information content (AvgIpc) is 2.19. The number of carbonyl (C=O) groups is 1. The standard InChI is InChI=1S/C11H17F3N2O/c1-9(2)8-16(7-3-6-15)10(17)4-5-11(12,13)14/h9H,3-5,7-8H2,1-2H3. The fourth-order valence-corrected chi connectivity index (χ4v) is 1.35. The highest BCUT2D eigenvalue weighted by Gasteiger charge is 2.29. The monoisotopic (exact) mass is 250 g/mol. The quantitative estimate of drug-likeness (QED) is 0.727. The summed E-state index contributed by atoms with van der Waals surface area (Å²) < 4.78 is 35.9. The van der Waals surface area contributed by atoms with E-state index in [1.807, 2.05) is 19.9 Å². The van der Waals surface area contributed by atoms with Gasteiger partial charge in [-0.2, -0.15) is 18.4 Å². The third kappa shape index (κ3) is 8.55. The first-order valence-electron chi connectivity index (χ1n) is 5.47. The first-order valence-corrected chi connectivity index (χ1v) is 5.47. The summed E-state index contributed by atoms with van der Waals surface area (Å²) in [5.41, 5.74) is 0. The predicted molar refractivity (Wildman–Crippen MR) is 56.9 cm³/mol. The van der Waals surface area contributed by atoms with Crippen molar-refractivity contribution in [1.82, 2.24) is 4.90 Å². The topological polar surface area (TPSA) is 44.1 Å². The Morgan fingerprint density at radius 2 is 2.00 bits per heavy atom. The van der Waals surface area contributed by atoms with Crippen LogP contribution in [0.2, 0.25) is 0 Å². The van der Waals surface area contributed by atoms with Gasteiger partial charge in [-0.25, -0.2) is 0 Å². The Kier molecular flexibility index (Phi) is 6.62. The molecule has 0 aromatic rings. The van der Waals surface area contributed by atoms with E-state index < -0.39 is 24.9 Å². The summed E-state index contributed by atoms with van der Waals surface area (Å²) in [7, 11) is 0. The average molecular weight is 250 g/mol. The Morgan fingerprint density at radius 3 is 2.41 bits per heavy atom. The van der Waals surface area contributed by atoms with Crippen LogP contribution >= 0.6 is 0 Å². The highest BCUT2D eigenvalue weighted by molar-refractivity contribution is 5.76. The number of hydrogen-bond acceptors (Lipinski definition) is 2. The highest BCUT2D eigenvalue weighted by atomic mass is 19.4. The maximum Gasteiger partial charge on any atom is 0.389 e. The van der Waals surface area contributed by atoms with Crippen LogP contribution in [0.3, 0.4) is 0 Å². The first kappa shape index (κ1) is 15.8. The molecule has 0 spiro atoms. The van der Waals surface area contributed by atoms with Crippen LogP contribution in [-0.2, 0) is 4.79 Å². The van der Waals surface area contributed by atoms with Gasteiger partial charge in [-0.1, -0.05) is 13.8 Å². The summed E-state index contributed by atoms with van der Waals surface area (Å²) in [4.78, 5) is 12.9. The van der Waals surface area contributed by atoms with Crippen molar-refractivity contribution in [3.8, 4) is 6.07 Å². The third-order valence-corrected chi connectivity index (χ3v) is 2.05. The van der Waals surface area contributed by atoms with Gasteiger partial charge in [0.15, 0.2) is 0 Å². The molecule has 0 fully saturated rings. The van der Waals surface area contributed by atoms with E-state index in [0.29, 0.717) is 6.54 Å². The van der Waals surface area contributed by atoms with Crippen LogP contribution < -0.4 is 0 Å². The second kappa shape index (κ2) is 7.15. The zero-order valence-electron chi connectivity index (χ0n) is 10.0. The van der Waals surface area contributed by atoms with Gasteiger partial charge in [-0.05, 0) is 5.92 Å². The van der Waals surface area contributed by atoms with Crippen molar-refractivity contribution in [2.45, 2.75) is 39.3 Å². The summed E-state index contributed by atoms with van der Waals surface area (Å²) in [5, 5.41) is 8.42. The number of rotatable bonds is 6. The van der Waals surface area contributed by atoms with Crippen molar-refractivity contribution in [1.29, 1.82) is 5.26 Å². The number of alkyl halides is 3. The Labute approximate surface area is 99.2 Å². The van der Waals surface area contributed by atoms with Crippen molar-refractivity contribution in [3.05, 3.63) is 0 Å². The molecule has 98 valence electrons. The summed E-state index contributed by atoms with van der Waals surface area (Å²) in [5.74, 6) is -0.366. The SMILES string of the molecule is CC(C)CN(CCC#N)C(=O)CCC(F)(F)F. The number of halogens is 3. The van der Waals surface area contributed by atoms with Crippen LogP contribution in [0.4, 0.5) is 13.2 Å². The molecule has 0 saturated heterocycles. The van der Waals surface area contributed by atoms with Gasteiger partial charge in [0, 0.05) is 19.5 Å². The van der Waals surface area contributed by atoms with Crippen molar-refractivity contribution < 1.29 is 18.0 Å². The Hall–Kier alpha value is -1.25. The molecule has 0 radical (unpaired) electrons. The van der Waals surface area contributed by atoms with E-state index in [1.165, 1.54) is 4.90 Å². The molecule has 0 aromatic carbocycles. The fourth-order valence-electron chi connectivity index (χ4n) is 1.35. The maximum atomic E-state index is 12.0. The van der Waals surface area contributed by atoms with Crippen molar-refractivity contribution in [2.75, 3.05) is 13.1 Å². The minimum absolute atomic E-state index is 0.143. The number of nitrogens with zero attached hydrogens (tertiary/aromatic N) is 2.